The standard InChI is InChI=1S/C15H32OS.C2H6/c1-13(2)7-10-16-15(5,6)9-12-17-11-8-14(3)4;1-2/h13-14H,7-12H2,1-6H3;1-2H3. The van der Waals surface area contributed by atoms with Gasteiger partial charge in [0.2, 0.25) is 0 Å². The summed E-state index contributed by atoms with van der Waals surface area (Å²) >= 11 is 2.07. The molecule has 0 rings (SSSR count). The molecule has 0 radical (unpaired) electrons. The lowest BCUT2D eigenvalue weighted by atomic mass is 10.1. The van der Waals surface area contributed by atoms with E-state index in [1.165, 1.54) is 24.3 Å². The monoisotopic (exact) mass is 290 g/mol. The van der Waals surface area contributed by atoms with E-state index in [1.54, 1.807) is 0 Å². The molecule has 0 saturated carbocycles. The Balaban J connectivity index is 0. The smallest absolute Gasteiger partial charge is 0.0634 e. The number of ether oxygens (including phenoxy) is 1. The molecule has 0 aliphatic rings. The van der Waals surface area contributed by atoms with Crippen LogP contribution < -0.4 is 0 Å². The highest BCUT2D eigenvalue weighted by atomic mass is 32.2. The van der Waals surface area contributed by atoms with E-state index < -0.39 is 0 Å². The van der Waals surface area contributed by atoms with Crippen LogP contribution >= 0.6 is 11.8 Å². The van der Waals surface area contributed by atoms with Crippen LogP contribution in [-0.4, -0.2) is 23.7 Å². The first kappa shape index (κ1) is 21.6. The first-order valence-corrected chi connectivity index (χ1v) is 9.20. The molecule has 0 aliphatic carbocycles. The molecule has 0 saturated heterocycles. The van der Waals surface area contributed by atoms with Gasteiger partial charge in [0.1, 0.15) is 0 Å². The Morgan fingerprint density at radius 3 is 1.89 bits per heavy atom. The molecule has 0 aromatic rings. The summed E-state index contributed by atoms with van der Waals surface area (Å²) in [5.41, 5.74) is 0.0553. The average Bonchev–Trinajstić information content (AvgIpc) is 2.29. The van der Waals surface area contributed by atoms with Crippen molar-refractivity contribution < 1.29 is 4.74 Å². The molecule has 0 atom stereocenters. The van der Waals surface area contributed by atoms with E-state index in [9.17, 15) is 0 Å². The number of rotatable bonds is 10. The van der Waals surface area contributed by atoms with E-state index >= 15 is 0 Å². The molecule has 0 bridgehead atoms. The zero-order valence-corrected chi connectivity index (χ0v) is 15.5. The highest BCUT2D eigenvalue weighted by Gasteiger charge is 2.17. The minimum Gasteiger partial charge on any atom is -0.376 e. The van der Waals surface area contributed by atoms with Crippen LogP contribution in [0.5, 0.6) is 0 Å². The Morgan fingerprint density at radius 2 is 1.42 bits per heavy atom. The molecule has 0 aromatic carbocycles. The predicted octanol–water partition coefficient (Wildman–Crippen LogP) is 6.02. The molecule has 0 N–H and O–H groups in total. The number of hydrogen-bond donors (Lipinski definition) is 0. The molecular formula is C17H38OS. The molecule has 0 heterocycles. The minimum atomic E-state index is 0.0553. The molecule has 0 amide bonds. The zero-order valence-electron chi connectivity index (χ0n) is 14.7. The summed E-state index contributed by atoms with van der Waals surface area (Å²) in [4.78, 5) is 0. The quantitative estimate of drug-likeness (QED) is 0.455. The average molecular weight is 291 g/mol. The van der Waals surface area contributed by atoms with Gasteiger partial charge in [-0.25, -0.2) is 0 Å². The topological polar surface area (TPSA) is 9.23 Å². The van der Waals surface area contributed by atoms with Gasteiger partial charge in [0.25, 0.3) is 0 Å². The van der Waals surface area contributed by atoms with Gasteiger partial charge in [-0.3, -0.25) is 0 Å². The lowest BCUT2D eigenvalue weighted by molar-refractivity contribution is -0.0235. The molecular weight excluding hydrogens is 252 g/mol. The van der Waals surface area contributed by atoms with Crippen molar-refractivity contribution in [2.75, 3.05) is 18.1 Å². The van der Waals surface area contributed by atoms with Crippen LogP contribution in [0.25, 0.3) is 0 Å². The summed E-state index contributed by atoms with van der Waals surface area (Å²) in [6.07, 6.45) is 3.66. The van der Waals surface area contributed by atoms with Crippen molar-refractivity contribution in [1.82, 2.24) is 0 Å². The molecule has 1 nitrogen and oxygen atoms in total. The first-order chi connectivity index (χ1) is 8.83. The Kier molecular flexibility index (Phi) is 15.1. The van der Waals surface area contributed by atoms with Gasteiger partial charge in [-0.1, -0.05) is 41.5 Å². The highest BCUT2D eigenvalue weighted by Crippen LogP contribution is 2.20. The van der Waals surface area contributed by atoms with Crippen LogP contribution in [0.3, 0.4) is 0 Å². The molecule has 19 heavy (non-hydrogen) atoms. The summed E-state index contributed by atoms with van der Waals surface area (Å²) in [7, 11) is 0. The van der Waals surface area contributed by atoms with Crippen molar-refractivity contribution in [3.05, 3.63) is 0 Å². The van der Waals surface area contributed by atoms with Gasteiger partial charge in [0.05, 0.1) is 5.60 Å². The van der Waals surface area contributed by atoms with Crippen LogP contribution in [-0.2, 0) is 4.74 Å². The zero-order chi connectivity index (χ0) is 15.3. The molecule has 118 valence electrons. The van der Waals surface area contributed by atoms with Crippen LogP contribution in [0.4, 0.5) is 0 Å². The third-order valence-corrected chi connectivity index (χ3v) is 3.89. The van der Waals surface area contributed by atoms with Gasteiger partial charge in [-0.2, -0.15) is 11.8 Å². The van der Waals surface area contributed by atoms with Crippen molar-refractivity contribution in [3.8, 4) is 0 Å². The SMILES string of the molecule is CC.CC(C)CCOC(C)(C)CCSCCC(C)C. The number of hydrogen-bond acceptors (Lipinski definition) is 2. The van der Waals surface area contributed by atoms with E-state index in [0.29, 0.717) is 0 Å². The maximum absolute atomic E-state index is 5.95. The Morgan fingerprint density at radius 1 is 0.895 bits per heavy atom. The second kappa shape index (κ2) is 13.3. The third kappa shape index (κ3) is 18.3. The van der Waals surface area contributed by atoms with Gasteiger partial charge < -0.3 is 4.74 Å². The van der Waals surface area contributed by atoms with Crippen LogP contribution in [0.2, 0.25) is 0 Å². The molecule has 0 fully saturated rings. The van der Waals surface area contributed by atoms with E-state index in [0.717, 1.165) is 24.9 Å². The van der Waals surface area contributed by atoms with Crippen molar-refractivity contribution in [1.29, 1.82) is 0 Å². The van der Waals surface area contributed by atoms with Gasteiger partial charge in [0, 0.05) is 6.61 Å². The first-order valence-electron chi connectivity index (χ1n) is 8.05. The molecule has 2 heteroatoms. The van der Waals surface area contributed by atoms with E-state index in [2.05, 4.69) is 53.3 Å². The van der Waals surface area contributed by atoms with Gasteiger partial charge >= 0.3 is 0 Å². The molecule has 0 aliphatic heterocycles. The fraction of sp³-hybridized carbons (Fsp3) is 1.00. The lowest BCUT2D eigenvalue weighted by Gasteiger charge is -2.25. The third-order valence-electron chi connectivity index (χ3n) is 2.88. The van der Waals surface area contributed by atoms with Gasteiger partial charge in [-0.15, -0.1) is 0 Å². The van der Waals surface area contributed by atoms with Crippen molar-refractivity contribution >= 4 is 11.8 Å². The van der Waals surface area contributed by atoms with Crippen LogP contribution in [0.15, 0.2) is 0 Å². The maximum Gasteiger partial charge on any atom is 0.0634 e. The number of thioether (sulfide) groups is 1. The summed E-state index contributed by atoms with van der Waals surface area (Å²) in [5.74, 6) is 4.09. The normalized spacial score (nSPS) is 11.7. The largest absolute Gasteiger partial charge is 0.376 e. The van der Waals surface area contributed by atoms with E-state index in [1.807, 2.05) is 13.8 Å². The van der Waals surface area contributed by atoms with Crippen molar-refractivity contribution in [2.45, 2.75) is 80.3 Å². The minimum absolute atomic E-state index is 0.0553. The summed E-state index contributed by atoms with van der Waals surface area (Å²) in [5, 5.41) is 0. The summed E-state index contributed by atoms with van der Waals surface area (Å²) < 4.78 is 5.95. The Labute approximate surface area is 127 Å². The lowest BCUT2D eigenvalue weighted by Crippen LogP contribution is -2.26. The second-order valence-corrected chi connectivity index (χ2v) is 7.56. The maximum atomic E-state index is 5.95. The summed E-state index contributed by atoms with van der Waals surface area (Å²) in [6.45, 7) is 18.4. The molecule has 0 spiro atoms. The highest BCUT2D eigenvalue weighted by molar-refractivity contribution is 7.99. The van der Waals surface area contributed by atoms with E-state index in [4.69, 9.17) is 4.74 Å². The molecule has 0 aromatic heterocycles. The van der Waals surface area contributed by atoms with Gasteiger partial charge in [0.15, 0.2) is 0 Å². The fourth-order valence-electron chi connectivity index (χ4n) is 1.38. The fourth-order valence-corrected chi connectivity index (χ4v) is 2.86. The predicted molar refractivity (Wildman–Crippen MR) is 92.2 cm³/mol. The Hall–Kier alpha value is 0.310. The van der Waals surface area contributed by atoms with Crippen LogP contribution in [0.1, 0.15) is 74.7 Å². The Bertz CT molecular complexity index is 176. The van der Waals surface area contributed by atoms with Crippen LogP contribution in [0, 0.1) is 11.8 Å². The van der Waals surface area contributed by atoms with Gasteiger partial charge in [-0.05, 0) is 56.5 Å². The van der Waals surface area contributed by atoms with Crippen molar-refractivity contribution in [3.63, 3.8) is 0 Å². The van der Waals surface area contributed by atoms with Crippen molar-refractivity contribution in [2.24, 2.45) is 11.8 Å². The molecule has 0 unspecified atom stereocenters. The van der Waals surface area contributed by atoms with E-state index in [-0.39, 0.29) is 5.60 Å². The summed E-state index contributed by atoms with van der Waals surface area (Å²) in [6, 6.07) is 0. The second-order valence-electron chi connectivity index (χ2n) is 6.34.